The lowest BCUT2D eigenvalue weighted by molar-refractivity contribution is 1.05. The first-order chi connectivity index (χ1) is 10.6. The second kappa shape index (κ2) is 6.17. The molecule has 2 aromatic carbocycles. The zero-order valence-electron chi connectivity index (χ0n) is 11.3. The summed E-state index contributed by atoms with van der Waals surface area (Å²) in [6.45, 7) is 0. The number of halogens is 2. The van der Waals surface area contributed by atoms with Crippen molar-refractivity contribution in [1.82, 2.24) is 15.0 Å². The minimum Gasteiger partial charge on any atom is -0.399 e. The molecule has 0 aliphatic carbocycles. The van der Waals surface area contributed by atoms with E-state index in [2.05, 4.69) is 20.3 Å². The van der Waals surface area contributed by atoms with E-state index in [-0.39, 0.29) is 10.6 Å². The lowest BCUT2D eigenvalue weighted by Crippen LogP contribution is -1.99. The van der Waals surface area contributed by atoms with Crippen LogP contribution >= 0.6 is 23.2 Å². The Kier molecular flexibility index (Phi) is 4.09. The van der Waals surface area contributed by atoms with Crippen LogP contribution in [0.15, 0.2) is 48.5 Å². The van der Waals surface area contributed by atoms with Crippen LogP contribution in [0.3, 0.4) is 0 Å². The number of nitrogens with two attached hydrogens (primary N) is 1. The molecule has 1 aromatic heterocycles. The molecular weight excluding hydrogens is 321 g/mol. The Bertz CT molecular complexity index is 768. The summed E-state index contributed by atoms with van der Waals surface area (Å²) in [6.07, 6.45) is 0. The molecule has 7 heteroatoms. The molecule has 0 fully saturated rings. The predicted octanol–water partition coefficient (Wildman–Crippen LogP) is 4.17. The predicted molar refractivity (Wildman–Crippen MR) is 89.4 cm³/mol. The molecule has 0 spiro atoms. The molecule has 110 valence electrons. The molecule has 0 bridgehead atoms. The average Bonchev–Trinajstić information content (AvgIpc) is 2.48. The van der Waals surface area contributed by atoms with Gasteiger partial charge in [-0.2, -0.15) is 15.0 Å². The first-order valence-electron chi connectivity index (χ1n) is 6.40. The van der Waals surface area contributed by atoms with Crippen LogP contribution in [0.5, 0.6) is 0 Å². The van der Waals surface area contributed by atoms with Crippen LogP contribution in [0.1, 0.15) is 0 Å². The van der Waals surface area contributed by atoms with E-state index in [1.54, 1.807) is 0 Å². The van der Waals surface area contributed by atoms with Crippen LogP contribution < -0.4 is 11.1 Å². The third-order valence-corrected chi connectivity index (χ3v) is 3.30. The number of aromatic nitrogens is 3. The lowest BCUT2D eigenvalue weighted by Gasteiger charge is -2.07. The highest BCUT2D eigenvalue weighted by molar-refractivity contribution is 6.31. The van der Waals surface area contributed by atoms with Gasteiger partial charge in [-0.15, -0.1) is 0 Å². The van der Waals surface area contributed by atoms with Gasteiger partial charge in [0.15, 0.2) is 0 Å². The Morgan fingerprint density at radius 1 is 0.727 bits per heavy atom. The molecular formula is C15H11Cl2N5. The van der Waals surface area contributed by atoms with Crippen molar-refractivity contribution < 1.29 is 0 Å². The molecule has 0 saturated carbocycles. The normalized spacial score (nSPS) is 10.5. The zero-order valence-corrected chi connectivity index (χ0v) is 12.8. The third kappa shape index (κ3) is 3.44. The molecule has 0 saturated heterocycles. The van der Waals surface area contributed by atoms with Gasteiger partial charge in [0, 0.05) is 11.4 Å². The van der Waals surface area contributed by atoms with Gasteiger partial charge in [-0.25, -0.2) is 0 Å². The number of anilines is 3. The van der Waals surface area contributed by atoms with Crippen LogP contribution in [0, 0.1) is 0 Å². The van der Waals surface area contributed by atoms with Gasteiger partial charge < -0.3 is 11.1 Å². The summed E-state index contributed by atoms with van der Waals surface area (Å²) in [4.78, 5) is 11.6. The summed E-state index contributed by atoms with van der Waals surface area (Å²) in [6, 6.07) is 15.5. The number of hydrogen-bond acceptors (Lipinski definition) is 5. The van der Waals surface area contributed by atoms with E-state index in [1.807, 2.05) is 48.5 Å². The SMILES string of the molecule is Nc1ccc(-c2ccc(Nc3nc(Cl)nc(Cl)n3)cc2)cc1. The van der Waals surface area contributed by atoms with E-state index < -0.39 is 0 Å². The van der Waals surface area contributed by atoms with E-state index in [0.29, 0.717) is 5.95 Å². The number of benzene rings is 2. The fraction of sp³-hybridized carbons (Fsp3) is 0. The highest BCUT2D eigenvalue weighted by Crippen LogP contribution is 2.23. The topological polar surface area (TPSA) is 76.7 Å². The van der Waals surface area contributed by atoms with E-state index in [1.165, 1.54) is 0 Å². The molecule has 0 radical (unpaired) electrons. The molecule has 3 aromatic rings. The Labute approximate surface area is 137 Å². The first-order valence-corrected chi connectivity index (χ1v) is 7.16. The van der Waals surface area contributed by atoms with Crippen molar-refractivity contribution in [2.24, 2.45) is 0 Å². The van der Waals surface area contributed by atoms with Gasteiger partial charge >= 0.3 is 0 Å². The minimum atomic E-state index is 0.0426. The van der Waals surface area contributed by atoms with Gasteiger partial charge in [-0.05, 0) is 58.6 Å². The molecule has 0 aliphatic heterocycles. The Morgan fingerprint density at radius 3 is 1.77 bits per heavy atom. The minimum absolute atomic E-state index is 0.0426. The van der Waals surface area contributed by atoms with Gasteiger partial charge in [-0.1, -0.05) is 24.3 Å². The number of nitrogens with zero attached hydrogens (tertiary/aromatic N) is 3. The van der Waals surface area contributed by atoms with Crippen LogP contribution in [0.2, 0.25) is 10.6 Å². The monoisotopic (exact) mass is 331 g/mol. The van der Waals surface area contributed by atoms with Gasteiger partial charge in [0.25, 0.3) is 0 Å². The molecule has 0 atom stereocenters. The standard InChI is InChI=1S/C15H11Cl2N5/c16-13-20-14(17)22-15(21-13)19-12-7-3-10(4-8-12)9-1-5-11(18)6-2-9/h1-8H,18H2,(H,19,20,21,22). The Morgan fingerprint density at radius 2 is 1.23 bits per heavy atom. The molecule has 5 nitrogen and oxygen atoms in total. The highest BCUT2D eigenvalue weighted by Gasteiger charge is 2.04. The third-order valence-electron chi connectivity index (χ3n) is 2.97. The second-order valence-electron chi connectivity index (χ2n) is 4.52. The molecule has 3 N–H and O–H groups in total. The quantitative estimate of drug-likeness (QED) is 0.704. The summed E-state index contributed by atoms with van der Waals surface area (Å²) in [5.41, 5.74) is 9.42. The summed E-state index contributed by atoms with van der Waals surface area (Å²) < 4.78 is 0. The average molecular weight is 332 g/mol. The number of hydrogen-bond donors (Lipinski definition) is 2. The zero-order chi connectivity index (χ0) is 15.5. The van der Waals surface area contributed by atoms with Gasteiger partial charge in [-0.3, -0.25) is 0 Å². The molecule has 3 rings (SSSR count). The van der Waals surface area contributed by atoms with Crippen LogP contribution in [-0.4, -0.2) is 15.0 Å². The lowest BCUT2D eigenvalue weighted by atomic mass is 10.1. The van der Waals surface area contributed by atoms with Crippen LogP contribution in [-0.2, 0) is 0 Å². The van der Waals surface area contributed by atoms with Gasteiger partial charge in [0.05, 0.1) is 0 Å². The second-order valence-corrected chi connectivity index (χ2v) is 5.20. The van der Waals surface area contributed by atoms with E-state index in [9.17, 15) is 0 Å². The largest absolute Gasteiger partial charge is 0.399 e. The summed E-state index contributed by atoms with van der Waals surface area (Å²) in [5, 5.41) is 3.11. The van der Waals surface area contributed by atoms with Crippen molar-refractivity contribution in [2.45, 2.75) is 0 Å². The molecule has 0 aliphatic rings. The molecule has 0 unspecified atom stereocenters. The maximum atomic E-state index is 5.74. The van der Waals surface area contributed by atoms with Crippen molar-refractivity contribution >= 4 is 40.5 Å². The van der Waals surface area contributed by atoms with Gasteiger partial charge in [0.2, 0.25) is 16.5 Å². The van der Waals surface area contributed by atoms with Crippen molar-refractivity contribution in [3.05, 3.63) is 59.1 Å². The number of nitrogens with one attached hydrogen (secondary N) is 1. The molecule has 22 heavy (non-hydrogen) atoms. The summed E-state index contributed by atoms with van der Waals surface area (Å²) >= 11 is 11.5. The van der Waals surface area contributed by atoms with E-state index in [4.69, 9.17) is 28.9 Å². The smallest absolute Gasteiger partial charge is 0.232 e. The number of nitrogen functional groups attached to an aromatic ring is 1. The maximum absolute atomic E-state index is 5.74. The van der Waals surface area contributed by atoms with Crippen molar-refractivity contribution in [3.8, 4) is 11.1 Å². The van der Waals surface area contributed by atoms with E-state index >= 15 is 0 Å². The maximum Gasteiger partial charge on any atom is 0.232 e. The van der Waals surface area contributed by atoms with E-state index in [0.717, 1.165) is 22.5 Å². The van der Waals surface area contributed by atoms with Crippen molar-refractivity contribution in [1.29, 1.82) is 0 Å². The van der Waals surface area contributed by atoms with Crippen LogP contribution in [0.25, 0.3) is 11.1 Å². The van der Waals surface area contributed by atoms with Gasteiger partial charge in [0.1, 0.15) is 0 Å². The summed E-state index contributed by atoms with van der Waals surface area (Å²) in [7, 11) is 0. The molecule has 1 heterocycles. The van der Waals surface area contributed by atoms with Crippen molar-refractivity contribution in [2.75, 3.05) is 11.1 Å². The highest BCUT2D eigenvalue weighted by atomic mass is 35.5. The Balaban J connectivity index is 1.80. The van der Waals surface area contributed by atoms with Crippen molar-refractivity contribution in [3.63, 3.8) is 0 Å². The fourth-order valence-electron chi connectivity index (χ4n) is 1.93. The first kappa shape index (κ1) is 14.6. The Hall–Kier alpha value is -2.37. The van der Waals surface area contributed by atoms with Crippen LogP contribution in [0.4, 0.5) is 17.3 Å². The molecule has 0 amide bonds. The summed E-state index contributed by atoms with van der Waals surface area (Å²) in [5.74, 6) is 0.297. The number of rotatable bonds is 3. The fourth-order valence-corrected chi connectivity index (χ4v) is 2.30.